The fraction of sp³-hybridized carbons (Fsp3) is 0.353. The van der Waals surface area contributed by atoms with Gasteiger partial charge in [-0.2, -0.15) is 0 Å². The largest absolute Gasteiger partial charge is 0.507 e. The van der Waals surface area contributed by atoms with Crippen LogP contribution in [0.5, 0.6) is 17.2 Å². The summed E-state index contributed by atoms with van der Waals surface area (Å²) in [4.78, 5) is 12.3. The van der Waals surface area contributed by atoms with Crippen molar-refractivity contribution >= 4 is 16.6 Å². The fourth-order valence-corrected chi connectivity index (χ4v) is 3.23. The number of fused-ring (bicyclic) bond motifs is 2. The van der Waals surface area contributed by atoms with Crippen molar-refractivity contribution in [1.82, 2.24) is 0 Å². The van der Waals surface area contributed by atoms with Gasteiger partial charge in [-0.05, 0) is 36.9 Å². The van der Waals surface area contributed by atoms with Crippen LogP contribution in [0, 0.1) is 6.92 Å². The molecular formula is C17H18O5. The molecule has 0 fully saturated rings. The molecule has 22 heavy (non-hydrogen) atoms. The quantitative estimate of drug-likeness (QED) is 0.753. The molecule has 0 heterocycles. The highest BCUT2D eigenvalue weighted by Gasteiger charge is 2.35. The molecule has 0 aromatic heterocycles. The highest BCUT2D eigenvalue weighted by Crippen LogP contribution is 2.45. The fourth-order valence-electron chi connectivity index (χ4n) is 3.23. The monoisotopic (exact) mass is 302 g/mol. The predicted molar refractivity (Wildman–Crippen MR) is 81.8 cm³/mol. The molecule has 2 aromatic rings. The van der Waals surface area contributed by atoms with Gasteiger partial charge in [0.1, 0.15) is 17.2 Å². The number of phenols is 2. The standard InChI is InChI=1S/C17H18O5/c1-8-12(22-3)5-9-4-10-6-17(2,21)7-11(18)13(10)16(20)14(9)15(8)19/h4-5,19-21H,6-7H2,1-3H3. The SMILES string of the molecule is COc1cc2cc3c(c(O)c2c(O)c1C)C(=O)CC(C)(O)C3. The minimum atomic E-state index is -1.12. The summed E-state index contributed by atoms with van der Waals surface area (Å²) in [6, 6.07) is 3.43. The van der Waals surface area contributed by atoms with Gasteiger partial charge in [-0.15, -0.1) is 0 Å². The van der Waals surface area contributed by atoms with Crippen molar-refractivity contribution in [2.24, 2.45) is 0 Å². The summed E-state index contributed by atoms with van der Waals surface area (Å²) in [5, 5.41) is 31.8. The normalized spacial score (nSPS) is 21.0. The maximum atomic E-state index is 12.3. The molecule has 2 aromatic carbocycles. The summed E-state index contributed by atoms with van der Waals surface area (Å²) in [6.45, 7) is 3.28. The van der Waals surface area contributed by atoms with E-state index in [1.807, 2.05) is 0 Å². The first kappa shape index (κ1) is 14.7. The topological polar surface area (TPSA) is 87.0 Å². The minimum Gasteiger partial charge on any atom is -0.507 e. The molecule has 0 amide bonds. The van der Waals surface area contributed by atoms with Crippen molar-refractivity contribution < 1.29 is 24.9 Å². The van der Waals surface area contributed by atoms with Crippen molar-refractivity contribution in [3.8, 4) is 17.2 Å². The number of ether oxygens (including phenoxy) is 1. The molecule has 1 aliphatic carbocycles. The van der Waals surface area contributed by atoms with E-state index in [9.17, 15) is 20.1 Å². The number of aromatic hydroxyl groups is 2. The van der Waals surface area contributed by atoms with Gasteiger partial charge < -0.3 is 20.1 Å². The van der Waals surface area contributed by atoms with E-state index in [0.29, 0.717) is 22.3 Å². The van der Waals surface area contributed by atoms with Gasteiger partial charge in [-0.1, -0.05) is 0 Å². The Morgan fingerprint density at radius 2 is 1.86 bits per heavy atom. The second kappa shape index (κ2) is 4.61. The van der Waals surface area contributed by atoms with Crippen LogP contribution in [-0.4, -0.2) is 33.8 Å². The molecule has 3 rings (SSSR count). The highest BCUT2D eigenvalue weighted by atomic mass is 16.5. The minimum absolute atomic E-state index is 0.0467. The van der Waals surface area contributed by atoms with Crippen LogP contribution in [0.4, 0.5) is 0 Å². The Morgan fingerprint density at radius 1 is 1.18 bits per heavy atom. The molecule has 116 valence electrons. The number of hydrogen-bond acceptors (Lipinski definition) is 5. The lowest BCUT2D eigenvalue weighted by atomic mass is 9.79. The third-order valence-electron chi connectivity index (χ3n) is 4.27. The van der Waals surface area contributed by atoms with E-state index in [0.717, 1.165) is 0 Å². The Balaban J connectivity index is 2.39. The van der Waals surface area contributed by atoms with Crippen molar-refractivity contribution in [3.05, 3.63) is 28.8 Å². The molecule has 0 saturated carbocycles. The smallest absolute Gasteiger partial charge is 0.169 e. The Bertz CT molecular complexity index is 805. The summed E-state index contributed by atoms with van der Waals surface area (Å²) < 4.78 is 5.22. The van der Waals surface area contributed by atoms with Crippen molar-refractivity contribution in [1.29, 1.82) is 0 Å². The molecule has 1 unspecified atom stereocenters. The Labute approximate surface area is 127 Å². The summed E-state index contributed by atoms with van der Waals surface area (Å²) in [7, 11) is 1.50. The van der Waals surface area contributed by atoms with Crippen molar-refractivity contribution in [3.63, 3.8) is 0 Å². The van der Waals surface area contributed by atoms with Crippen LogP contribution in [0.1, 0.15) is 34.8 Å². The third kappa shape index (κ3) is 2.01. The number of carbonyl (C=O) groups excluding carboxylic acids is 1. The van der Waals surface area contributed by atoms with Crippen LogP contribution < -0.4 is 4.74 Å². The van der Waals surface area contributed by atoms with Crippen LogP contribution in [-0.2, 0) is 6.42 Å². The molecular weight excluding hydrogens is 284 g/mol. The number of rotatable bonds is 1. The van der Waals surface area contributed by atoms with Crippen molar-refractivity contribution in [2.75, 3.05) is 7.11 Å². The predicted octanol–water partition coefficient (Wildman–Crippen LogP) is 2.45. The summed E-state index contributed by atoms with van der Waals surface area (Å²) in [5.41, 5.74) is 0.150. The maximum absolute atomic E-state index is 12.3. The molecule has 1 aliphatic rings. The zero-order chi connectivity index (χ0) is 16.2. The van der Waals surface area contributed by atoms with E-state index >= 15 is 0 Å². The molecule has 0 aliphatic heterocycles. The van der Waals surface area contributed by atoms with Gasteiger partial charge in [-0.25, -0.2) is 0 Å². The van der Waals surface area contributed by atoms with Gasteiger partial charge in [-0.3, -0.25) is 4.79 Å². The number of hydrogen-bond donors (Lipinski definition) is 3. The van der Waals surface area contributed by atoms with E-state index in [2.05, 4.69) is 0 Å². The first-order valence-corrected chi connectivity index (χ1v) is 7.06. The average Bonchev–Trinajstić information content (AvgIpc) is 2.40. The lowest BCUT2D eigenvalue weighted by molar-refractivity contribution is 0.0409. The van der Waals surface area contributed by atoms with Gasteiger partial charge in [0.25, 0.3) is 0 Å². The van der Waals surface area contributed by atoms with E-state index in [1.165, 1.54) is 7.11 Å². The maximum Gasteiger partial charge on any atom is 0.169 e. The molecule has 0 bridgehead atoms. The number of Topliss-reactive ketones (excluding diaryl/α,β-unsaturated/α-hetero) is 1. The molecule has 0 saturated heterocycles. The number of ketones is 1. The summed E-state index contributed by atoms with van der Waals surface area (Å²) >= 11 is 0. The molecule has 3 N–H and O–H groups in total. The van der Waals surface area contributed by atoms with Gasteiger partial charge >= 0.3 is 0 Å². The van der Waals surface area contributed by atoms with Gasteiger partial charge in [0, 0.05) is 18.4 Å². The van der Waals surface area contributed by atoms with Crippen molar-refractivity contribution in [2.45, 2.75) is 32.3 Å². The lowest BCUT2D eigenvalue weighted by Gasteiger charge is -2.30. The molecule has 5 nitrogen and oxygen atoms in total. The molecule has 1 atom stereocenters. The van der Waals surface area contributed by atoms with E-state index in [-0.39, 0.29) is 41.1 Å². The zero-order valence-electron chi connectivity index (χ0n) is 12.7. The molecule has 0 spiro atoms. The first-order valence-electron chi connectivity index (χ1n) is 7.06. The Hall–Kier alpha value is -2.27. The first-order chi connectivity index (χ1) is 10.2. The van der Waals surface area contributed by atoms with E-state index in [4.69, 9.17) is 4.74 Å². The van der Waals surface area contributed by atoms with Crippen LogP contribution >= 0.6 is 0 Å². The number of phenolic OH excluding ortho intramolecular Hbond substituents is 2. The van der Waals surface area contributed by atoms with Crippen LogP contribution in [0.2, 0.25) is 0 Å². The number of aliphatic hydroxyl groups is 1. The number of carbonyl (C=O) groups is 1. The zero-order valence-corrected chi connectivity index (χ0v) is 12.7. The van der Waals surface area contributed by atoms with E-state index in [1.54, 1.807) is 26.0 Å². The number of benzene rings is 2. The third-order valence-corrected chi connectivity index (χ3v) is 4.27. The van der Waals surface area contributed by atoms with Gasteiger partial charge in [0.15, 0.2) is 5.78 Å². The van der Waals surface area contributed by atoms with E-state index < -0.39 is 5.60 Å². The molecule has 0 radical (unpaired) electrons. The Kier molecular flexibility index (Phi) is 3.07. The number of methoxy groups -OCH3 is 1. The van der Waals surface area contributed by atoms with Crippen LogP contribution in [0.3, 0.4) is 0 Å². The average molecular weight is 302 g/mol. The lowest BCUT2D eigenvalue weighted by Crippen LogP contribution is -2.35. The second-order valence-electron chi connectivity index (χ2n) is 6.18. The molecule has 5 heteroatoms. The van der Waals surface area contributed by atoms with Gasteiger partial charge in [0.2, 0.25) is 0 Å². The second-order valence-corrected chi connectivity index (χ2v) is 6.18. The summed E-state index contributed by atoms with van der Waals surface area (Å²) in [5.74, 6) is -0.146. The Morgan fingerprint density at radius 3 is 2.50 bits per heavy atom. The summed E-state index contributed by atoms with van der Waals surface area (Å²) in [6.07, 6.45) is 0.226. The van der Waals surface area contributed by atoms with Gasteiger partial charge in [0.05, 0.1) is 23.7 Å². The van der Waals surface area contributed by atoms with Crippen LogP contribution in [0.15, 0.2) is 12.1 Å². The highest BCUT2D eigenvalue weighted by molar-refractivity contribution is 6.09. The van der Waals surface area contributed by atoms with Crippen LogP contribution in [0.25, 0.3) is 10.8 Å².